The summed E-state index contributed by atoms with van der Waals surface area (Å²) in [5.74, 6) is 0. The average molecular weight is 174 g/mol. The van der Waals surface area contributed by atoms with Crippen molar-refractivity contribution in [2.45, 2.75) is 13.3 Å². The van der Waals surface area contributed by atoms with Crippen molar-refractivity contribution < 1.29 is 0 Å². The molecule has 0 aliphatic heterocycles. The number of anilines is 1. The van der Waals surface area contributed by atoms with Gasteiger partial charge in [-0.3, -0.25) is 0 Å². The number of nitrogens with zero attached hydrogens (tertiary/aromatic N) is 2. The quantitative estimate of drug-likeness (QED) is 0.703. The van der Waals surface area contributed by atoms with Crippen LogP contribution in [-0.4, -0.2) is 13.6 Å². The highest BCUT2D eigenvalue weighted by atomic mass is 15.1. The molecule has 68 valence electrons. The van der Waals surface area contributed by atoms with Crippen LogP contribution in [0, 0.1) is 11.3 Å². The number of rotatable bonds is 3. The van der Waals surface area contributed by atoms with Crippen LogP contribution in [0.5, 0.6) is 0 Å². The van der Waals surface area contributed by atoms with Gasteiger partial charge in [0.25, 0.3) is 0 Å². The highest BCUT2D eigenvalue weighted by molar-refractivity contribution is 5.50. The van der Waals surface area contributed by atoms with Gasteiger partial charge in [-0.25, -0.2) is 0 Å². The van der Waals surface area contributed by atoms with Crippen LogP contribution in [0.1, 0.15) is 18.9 Å². The van der Waals surface area contributed by atoms with E-state index in [-0.39, 0.29) is 0 Å². The Morgan fingerprint density at radius 2 is 2.23 bits per heavy atom. The molecule has 0 atom stereocenters. The zero-order valence-corrected chi connectivity index (χ0v) is 8.12. The first-order valence-electron chi connectivity index (χ1n) is 4.49. The summed E-state index contributed by atoms with van der Waals surface area (Å²) in [6, 6.07) is 9.81. The van der Waals surface area contributed by atoms with Crippen LogP contribution in [0.4, 0.5) is 5.69 Å². The Balaban J connectivity index is 2.83. The second kappa shape index (κ2) is 4.51. The Hall–Kier alpha value is -1.49. The largest absolute Gasteiger partial charge is 0.375 e. The highest BCUT2D eigenvalue weighted by Crippen LogP contribution is 2.14. The van der Waals surface area contributed by atoms with E-state index < -0.39 is 0 Å². The normalized spacial score (nSPS) is 9.31. The van der Waals surface area contributed by atoms with Crippen LogP contribution in [0.2, 0.25) is 0 Å². The summed E-state index contributed by atoms with van der Waals surface area (Å²) in [5.41, 5.74) is 1.83. The van der Waals surface area contributed by atoms with Crippen molar-refractivity contribution in [3.63, 3.8) is 0 Å². The van der Waals surface area contributed by atoms with Crippen LogP contribution < -0.4 is 4.90 Å². The summed E-state index contributed by atoms with van der Waals surface area (Å²) < 4.78 is 0. The van der Waals surface area contributed by atoms with E-state index in [9.17, 15) is 0 Å². The molecule has 0 N–H and O–H groups in total. The summed E-state index contributed by atoms with van der Waals surface area (Å²) in [6.07, 6.45) is 1.12. The van der Waals surface area contributed by atoms with Gasteiger partial charge in [0.15, 0.2) is 0 Å². The minimum Gasteiger partial charge on any atom is -0.375 e. The zero-order chi connectivity index (χ0) is 9.68. The fraction of sp³-hybridized carbons (Fsp3) is 0.364. The summed E-state index contributed by atoms with van der Waals surface area (Å²) in [5, 5.41) is 8.71. The van der Waals surface area contributed by atoms with E-state index in [0.717, 1.165) is 24.2 Å². The van der Waals surface area contributed by atoms with Crippen LogP contribution >= 0.6 is 0 Å². The maximum absolute atomic E-state index is 8.71. The van der Waals surface area contributed by atoms with Gasteiger partial charge in [-0.15, -0.1) is 0 Å². The molecule has 1 aromatic rings. The van der Waals surface area contributed by atoms with E-state index in [0.29, 0.717) is 0 Å². The van der Waals surface area contributed by atoms with Crippen LogP contribution in [0.3, 0.4) is 0 Å². The Morgan fingerprint density at radius 3 is 2.85 bits per heavy atom. The van der Waals surface area contributed by atoms with Gasteiger partial charge < -0.3 is 4.90 Å². The molecule has 2 heteroatoms. The molecule has 13 heavy (non-hydrogen) atoms. The molecule has 0 aliphatic carbocycles. The van der Waals surface area contributed by atoms with Gasteiger partial charge in [0.1, 0.15) is 0 Å². The molecular weight excluding hydrogens is 160 g/mol. The van der Waals surface area contributed by atoms with Crippen LogP contribution in [0.15, 0.2) is 24.3 Å². The average Bonchev–Trinajstić information content (AvgIpc) is 2.18. The SMILES string of the molecule is CCCN(C)c1cccc(C#N)c1. The van der Waals surface area contributed by atoms with Crippen molar-refractivity contribution in [2.75, 3.05) is 18.5 Å². The Bertz CT molecular complexity index is 312. The molecule has 0 saturated heterocycles. The van der Waals surface area contributed by atoms with Gasteiger partial charge in [-0.05, 0) is 24.6 Å². The van der Waals surface area contributed by atoms with E-state index in [1.54, 1.807) is 0 Å². The van der Waals surface area contributed by atoms with Gasteiger partial charge in [-0.1, -0.05) is 13.0 Å². The number of benzene rings is 1. The summed E-state index contributed by atoms with van der Waals surface area (Å²) in [6.45, 7) is 3.17. The van der Waals surface area contributed by atoms with E-state index in [2.05, 4.69) is 17.9 Å². The summed E-state index contributed by atoms with van der Waals surface area (Å²) in [4.78, 5) is 2.15. The molecule has 0 bridgehead atoms. The fourth-order valence-corrected chi connectivity index (χ4v) is 1.28. The van der Waals surface area contributed by atoms with Gasteiger partial charge in [0.2, 0.25) is 0 Å². The minimum absolute atomic E-state index is 0.723. The Kier molecular flexibility index (Phi) is 3.33. The molecule has 0 saturated carbocycles. The topological polar surface area (TPSA) is 27.0 Å². The number of nitriles is 1. The lowest BCUT2D eigenvalue weighted by Crippen LogP contribution is -2.17. The summed E-state index contributed by atoms with van der Waals surface area (Å²) in [7, 11) is 2.04. The predicted molar refractivity (Wildman–Crippen MR) is 54.7 cm³/mol. The molecule has 0 aliphatic rings. The first kappa shape index (κ1) is 9.60. The third kappa shape index (κ3) is 2.48. The lowest BCUT2D eigenvalue weighted by Gasteiger charge is -2.18. The van der Waals surface area contributed by atoms with E-state index in [1.807, 2.05) is 31.3 Å². The summed E-state index contributed by atoms with van der Waals surface area (Å²) >= 11 is 0. The molecule has 1 rings (SSSR count). The zero-order valence-electron chi connectivity index (χ0n) is 8.12. The molecule has 1 aromatic carbocycles. The van der Waals surface area contributed by atoms with Crippen LogP contribution in [0.25, 0.3) is 0 Å². The van der Waals surface area contributed by atoms with Gasteiger partial charge in [-0.2, -0.15) is 5.26 Å². The minimum atomic E-state index is 0.723. The molecule has 0 heterocycles. The fourth-order valence-electron chi connectivity index (χ4n) is 1.28. The van der Waals surface area contributed by atoms with Gasteiger partial charge in [0.05, 0.1) is 11.6 Å². The lowest BCUT2D eigenvalue weighted by molar-refractivity contribution is 0.852. The molecular formula is C11H14N2. The third-order valence-electron chi connectivity index (χ3n) is 1.98. The van der Waals surface area contributed by atoms with Crippen molar-refractivity contribution in [2.24, 2.45) is 0 Å². The highest BCUT2D eigenvalue weighted by Gasteiger charge is 1.99. The molecule has 0 aromatic heterocycles. The molecule has 2 nitrogen and oxygen atoms in total. The van der Waals surface area contributed by atoms with Crippen LogP contribution in [-0.2, 0) is 0 Å². The number of hydrogen-bond donors (Lipinski definition) is 0. The first-order valence-corrected chi connectivity index (χ1v) is 4.49. The molecule has 0 radical (unpaired) electrons. The monoisotopic (exact) mass is 174 g/mol. The van der Waals surface area contributed by atoms with Crippen molar-refractivity contribution in [1.82, 2.24) is 0 Å². The van der Waals surface area contributed by atoms with Gasteiger partial charge >= 0.3 is 0 Å². The van der Waals surface area contributed by atoms with Crippen molar-refractivity contribution in [1.29, 1.82) is 5.26 Å². The molecule has 0 unspecified atom stereocenters. The van der Waals surface area contributed by atoms with Crippen molar-refractivity contribution in [3.8, 4) is 6.07 Å². The first-order chi connectivity index (χ1) is 6.27. The Morgan fingerprint density at radius 1 is 1.46 bits per heavy atom. The molecule has 0 fully saturated rings. The smallest absolute Gasteiger partial charge is 0.0992 e. The molecule has 0 spiro atoms. The predicted octanol–water partition coefficient (Wildman–Crippen LogP) is 2.40. The second-order valence-electron chi connectivity index (χ2n) is 3.08. The van der Waals surface area contributed by atoms with E-state index in [1.165, 1.54) is 0 Å². The van der Waals surface area contributed by atoms with E-state index >= 15 is 0 Å². The molecule has 0 amide bonds. The lowest BCUT2D eigenvalue weighted by atomic mass is 10.2. The van der Waals surface area contributed by atoms with Crippen molar-refractivity contribution >= 4 is 5.69 Å². The number of hydrogen-bond acceptors (Lipinski definition) is 2. The maximum atomic E-state index is 8.71. The van der Waals surface area contributed by atoms with E-state index in [4.69, 9.17) is 5.26 Å². The van der Waals surface area contributed by atoms with Gasteiger partial charge in [0, 0.05) is 19.3 Å². The maximum Gasteiger partial charge on any atom is 0.0992 e. The van der Waals surface area contributed by atoms with Crippen molar-refractivity contribution in [3.05, 3.63) is 29.8 Å². The second-order valence-corrected chi connectivity index (χ2v) is 3.08. The third-order valence-corrected chi connectivity index (χ3v) is 1.98. The Labute approximate surface area is 79.4 Å². The standard InChI is InChI=1S/C11H14N2/c1-3-7-13(2)11-6-4-5-10(8-11)9-12/h4-6,8H,3,7H2,1-2H3.